The fourth-order valence-electron chi connectivity index (χ4n) is 1.79. The zero-order valence-corrected chi connectivity index (χ0v) is 13.8. The third-order valence-corrected chi connectivity index (χ3v) is 4.43. The summed E-state index contributed by atoms with van der Waals surface area (Å²) in [6, 6.07) is 12.4. The lowest BCUT2D eigenvalue weighted by atomic mass is 10.1. The minimum atomic E-state index is -0.441. The third kappa shape index (κ3) is 4.86. The monoisotopic (exact) mass is 368 g/mol. The Labute approximate surface area is 135 Å². The van der Waals surface area contributed by atoms with Gasteiger partial charge in [0, 0.05) is 15.8 Å². The van der Waals surface area contributed by atoms with Gasteiger partial charge in [-0.1, -0.05) is 22.0 Å². The number of thioether (sulfide) groups is 1. The Morgan fingerprint density at radius 3 is 2.57 bits per heavy atom. The molecule has 0 radical (unpaired) electrons. The second-order valence-corrected chi connectivity index (χ2v) is 6.39. The lowest BCUT2D eigenvalue weighted by molar-refractivity contribution is -0.116. The third-order valence-electron chi connectivity index (χ3n) is 2.83. The van der Waals surface area contributed by atoms with Crippen molar-refractivity contribution in [1.29, 1.82) is 0 Å². The normalized spacial score (nSPS) is 10.4. The van der Waals surface area contributed by atoms with Crippen LogP contribution in [0.25, 0.3) is 0 Å². The fourth-order valence-corrected chi connectivity index (χ4v) is 2.82. The predicted octanol–water partition coefficient (Wildman–Crippen LogP) is 4.50. The molecule has 0 saturated carbocycles. The zero-order chi connectivity index (χ0) is 15.2. The molecule has 0 saturated heterocycles. The van der Waals surface area contributed by atoms with Gasteiger partial charge in [-0.05, 0) is 42.0 Å². The summed E-state index contributed by atoms with van der Waals surface area (Å²) in [7, 11) is 1.41. The van der Waals surface area contributed by atoms with Crippen LogP contribution < -0.4 is 4.74 Å². The molecule has 2 nitrogen and oxygen atoms in total. The molecule has 0 spiro atoms. The average Bonchev–Trinajstić information content (AvgIpc) is 2.47. The molecule has 0 bridgehead atoms. The second-order valence-electron chi connectivity index (χ2n) is 4.43. The number of methoxy groups -OCH3 is 1. The van der Waals surface area contributed by atoms with E-state index >= 15 is 0 Å². The van der Waals surface area contributed by atoms with Gasteiger partial charge in [-0.15, -0.1) is 11.8 Å². The van der Waals surface area contributed by atoms with Gasteiger partial charge in [-0.2, -0.15) is 0 Å². The highest BCUT2D eigenvalue weighted by Crippen LogP contribution is 2.22. The van der Waals surface area contributed by atoms with E-state index in [2.05, 4.69) is 15.9 Å². The van der Waals surface area contributed by atoms with Gasteiger partial charge in [0.15, 0.2) is 11.6 Å². The van der Waals surface area contributed by atoms with E-state index in [1.165, 1.54) is 24.9 Å². The smallest absolute Gasteiger partial charge is 0.165 e. The minimum Gasteiger partial charge on any atom is -0.494 e. The Morgan fingerprint density at radius 2 is 1.95 bits per heavy atom. The molecule has 0 amide bonds. The lowest BCUT2D eigenvalue weighted by Gasteiger charge is -2.05. The van der Waals surface area contributed by atoms with E-state index in [4.69, 9.17) is 4.74 Å². The average molecular weight is 369 g/mol. The molecule has 2 aromatic rings. The van der Waals surface area contributed by atoms with Crippen molar-refractivity contribution in [2.45, 2.75) is 11.3 Å². The van der Waals surface area contributed by atoms with E-state index in [0.29, 0.717) is 11.3 Å². The van der Waals surface area contributed by atoms with Crippen LogP contribution in [0.15, 0.2) is 51.8 Å². The summed E-state index contributed by atoms with van der Waals surface area (Å²) in [6.07, 6.45) is 0.227. The largest absolute Gasteiger partial charge is 0.494 e. The van der Waals surface area contributed by atoms with Crippen LogP contribution in [-0.2, 0) is 11.2 Å². The Hall–Kier alpha value is -1.33. The van der Waals surface area contributed by atoms with E-state index in [9.17, 15) is 9.18 Å². The molecule has 0 unspecified atom stereocenters. The van der Waals surface area contributed by atoms with Gasteiger partial charge in [0.25, 0.3) is 0 Å². The number of hydrogen-bond acceptors (Lipinski definition) is 3. The number of carbonyl (C=O) groups excluding carboxylic acids is 1. The van der Waals surface area contributed by atoms with Crippen molar-refractivity contribution in [2.24, 2.45) is 0 Å². The number of carbonyl (C=O) groups is 1. The van der Waals surface area contributed by atoms with Gasteiger partial charge in [0.2, 0.25) is 0 Å². The first kappa shape index (κ1) is 16.0. The molecule has 0 aliphatic carbocycles. The quantitative estimate of drug-likeness (QED) is 0.702. The van der Waals surface area contributed by atoms with E-state index in [1.54, 1.807) is 12.1 Å². The lowest BCUT2D eigenvalue weighted by Crippen LogP contribution is -2.06. The highest BCUT2D eigenvalue weighted by Gasteiger charge is 2.08. The SMILES string of the molecule is COc1ccc(CC(=O)CSc2ccc(Br)cc2)cc1F. The van der Waals surface area contributed by atoms with Crippen molar-refractivity contribution in [3.63, 3.8) is 0 Å². The first-order valence-corrected chi connectivity index (χ1v) is 8.09. The molecular formula is C16H14BrFO2S. The summed E-state index contributed by atoms with van der Waals surface area (Å²) < 4.78 is 19.4. The number of rotatable bonds is 6. The van der Waals surface area contributed by atoms with Crippen LogP contribution in [0.2, 0.25) is 0 Å². The molecule has 0 aliphatic rings. The highest BCUT2D eigenvalue weighted by molar-refractivity contribution is 9.10. The summed E-state index contributed by atoms with van der Waals surface area (Å²) in [5.74, 6) is 0.182. The fraction of sp³-hybridized carbons (Fsp3) is 0.188. The van der Waals surface area contributed by atoms with Crippen molar-refractivity contribution < 1.29 is 13.9 Å². The summed E-state index contributed by atoms with van der Waals surface area (Å²) in [6.45, 7) is 0. The molecule has 0 heterocycles. The summed E-state index contributed by atoms with van der Waals surface area (Å²) in [4.78, 5) is 13.0. The molecule has 0 atom stereocenters. The molecule has 0 aromatic heterocycles. The Bertz CT molecular complexity index is 629. The van der Waals surface area contributed by atoms with Crippen LogP contribution >= 0.6 is 27.7 Å². The van der Waals surface area contributed by atoms with Crippen molar-refractivity contribution in [2.75, 3.05) is 12.9 Å². The summed E-state index contributed by atoms with van der Waals surface area (Å²) in [5, 5.41) is 0. The first-order chi connectivity index (χ1) is 10.1. The van der Waals surface area contributed by atoms with Gasteiger partial charge < -0.3 is 4.74 Å². The van der Waals surface area contributed by atoms with Crippen molar-refractivity contribution in [3.8, 4) is 5.75 Å². The van der Waals surface area contributed by atoms with Crippen molar-refractivity contribution >= 4 is 33.5 Å². The molecule has 2 rings (SSSR count). The van der Waals surface area contributed by atoms with Crippen LogP contribution in [0, 0.1) is 5.82 Å². The summed E-state index contributed by atoms with van der Waals surface area (Å²) >= 11 is 4.85. The van der Waals surface area contributed by atoms with Crippen molar-refractivity contribution in [3.05, 3.63) is 58.3 Å². The molecule has 110 valence electrons. The van der Waals surface area contributed by atoms with Gasteiger partial charge in [0.05, 0.1) is 12.9 Å². The van der Waals surface area contributed by atoms with Gasteiger partial charge >= 0.3 is 0 Å². The maximum Gasteiger partial charge on any atom is 0.165 e. The van der Waals surface area contributed by atoms with Gasteiger partial charge in [0.1, 0.15) is 5.78 Å². The molecule has 5 heteroatoms. The maximum atomic E-state index is 13.5. The number of ether oxygens (including phenoxy) is 1. The minimum absolute atomic E-state index is 0.0625. The van der Waals surface area contributed by atoms with Crippen LogP contribution in [0.5, 0.6) is 5.75 Å². The van der Waals surface area contributed by atoms with Crippen LogP contribution in [0.1, 0.15) is 5.56 Å². The first-order valence-electron chi connectivity index (χ1n) is 6.31. The maximum absolute atomic E-state index is 13.5. The van der Waals surface area contributed by atoms with E-state index < -0.39 is 5.82 Å². The van der Waals surface area contributed by atoms with E-state index in [1.807, 2.05) is 24.3 Å². The Morgan fingerprint density at radius 1 is 1.24 bits per heavy atom. The van der Waals surface area contributed by atoms with Crippen LogP contribution in [0.4, 0.5) is 4.39 Å². The predicted molar refractivity (Wildman–Crippen MR) is 86.5 cm³/mol. The number of ketones is 1. The van der Waals surface area contributed by atoms with Crippen LogP contribution in [0.3, 0.4) is 0 Å². The van der Waals surface area contributed by atoms with E-state index in [0.717, 1.165) is 9.37 Å². The molecule has 0 aliphatic heterocycles. The molecule has 21 heavy (non-hydrogen) atoms. The van der Waals surface area contributed by atoms with Crippen LogP contribution in [-0.4, -0.2) is 18.6 Å². The van der Waals surface area contributed by atoms with Crippen molar-refractivity contribution in [1.82, 2.24) is 0 Å². The zero-order valence-electron chi connectivity index (χ0n) is 11.4. The molecular weight excluding hydrogens is 355 g/mol. The van der Waals surface area contributed by atoms with Gasteiger partial charge in [-0.25, -0.2) is 4.39 Å². The molecule has 0 N–H and O–H groups in total. The number of halogens is 2. The number of benzene rings is 2. The Kier molecular flexibility index (Phi) is 5.82. The topological polar surface area (TPSA) is 26.3 Å². The number of Topliss-reactive ketones (excluding diaryl/α,β-unsaturated/α-hetero) is 1. The standard InChI is InChI=1S/C16H14BrFO2S/c1-20-16-7-2-11(9-15(16)18)8-13(19)10-21-14-5-3-12(17)4-6-14/h2-7,9H,8,10H2,1H3. The summed E-state index contributed by atoms with van der Waals surface area (Å²) in [5.41, 5.74) is 0.662. The molecule has 2 aromatic carbocycles. The number of hydrogen-bond donors (Lipinski definition) is 0. The Balaban J connectivity index is 1.89. The molecule has 0 fully saturated rings. The van der Waals surface area contributed by atoms with Gasteiger partial charge in [-0.3, -0.25) is 4.79 Å². The second kappa shape index (κ2) is 7.61. The van der Waals surface area contributed by atoms with E-state index in [-0.39, 0.29) is 18.0 Å². The highest BCUT2D eigenvalue weighted by atomic mass is 79.9.